The molecule has 0 spiro atoms. The van der Waals surface area contributed by atoms with Crippen LogP contribution in [0.25, 0.3) is 6.08 Å². The van der Waals surface area contributed by atoms with Crippen molar-refractivity contribution in [3.63, 3.8) is 0 Å². The van der Waals surface area contributed by atoms with Crippen molar-refractivity contribution in [1.82, 2.24) is 0 Å². The van der Waals surface area contributed by atoms with Gasteiger partial charge in [0.15, 0.2) is 0 Å². The molecular weight excluding hydrogens is 192 g/mol. The first-order chi connectivity index (χ1) is 7.17. The zero-order valence-corrected chi connectivity index (χ0v) is 8.23. The van der Waals surface area contributed by atoms with Crippen LogP contribution >= 0.6 is 0 Å². The van der Waals surface area contributed by atoms with Crippen LogP contribution in [0.5, 0.6) is 0 Å². The van der Waals surface area contributed by atoms with Gasteiger partial charge in [-0.2, -0.15) is 5.26 Å². The Morgan fingerprint density at radius 3 is 2.93 bits per heavy atom. The molecule has 0 fully saturated rings. The monoisotopic (exact) mass is 202 g/mol. The van der Waals surface area contributed by atoms with E-state index in [1.807, 2.05) is 6.07 Å². The molecule has 0 aromatic heterocycles. The molecule has 0 bridgehead atoms. The van der Waals surface area contributed by atoms with Crippen LogP contribution in [0, 0.1) is 11.3 Å². The molecule has 76 valence electrons. The van der Waals surface area contributed by atoms with Crippen LogP contribution in [0.2, 0.25) is 0 Å². The minimum absolute atomic E-state index is 0.462. The molecule has 1 rings (SSSR count). The lowest BCUT2D eigenvalue weighted by atomic mass is 10.1. The van der Waals surface area contributed by atoms with E-state index in [1.165, 1.54) is 19.3 Å². The molecule has 2 N–H and O–H groups in total. The Morgan fingerprint density at radius 1 is 1.60 bits per heavy atom. The summed E-state index contributed by atoms with van der Waals surface area (Å²) >= 11 is 0. The van der Waals surface area contributed by atoms with E-state index in [0.717, 1.165) is 0 Å². The van der Waals surface area contributed by atoms with Crippen LogP contribution in [0.4, 0.5) is 5.69 Å². The van der Waals surface area contributed by atoms with Crippen molar-refractivity contribution in [2.45, 2.75) is 0 Å². The van der Waals surface area contributed by atoms with Gasteiger partial charge >= 0.3 is 5.97 Å². The smallest absolute Gasteiger partial charge is 0.330 e. The number of nitrogens with two attached hydrogens (primary N) is 1. The van der Waals surface area contributed by atoms with E-state index in [4.69, 9.17) is 11.0 Å². The van der Waals surface area contributed by atoms with Crippen molar-refractivity contribution >= 4 is 17.7 Å². The normalized spacial score (nSPS) is 9.87. The lowest BCUT2D eigenvalue weighted by Gasteiger charge is -1.99. The number of ether oxygens (including phenoxy) is 1. The van der Waals surface area contributed by atoms with Crippen LogP contribution in [0.3, 0.4) is 0 Å². The lowest BCUT2D eigenvalue weighted by molar-refractivity contribution is -0.134. The van der Waals surface area contributed by atoms with E-state index in [2.05, 4.69) is 4.74 Å². The van der Waals surface area contributed by atoms with Crippen molar-refractivity contribution < 1.29 is 9.53 Å². The summed E-state index contributed by atoms with van der Waals surface area (Å²) in [6.45, 7) is 0. The molecule has 0 radical (unpaired) electrons. The van der Waals surface area contributed by atoms with Crippen molar-refractivity contribution in [2.24, 2.45) is 0 Å². The number of esters is 1. The number of nitrogens with zero attached hydrogens (tertiary/aromatic N) is 1. The van der Waals surface area contributed by atoms with Crippen LogP contribution < -0.4 is 5.73 Å². The molecule has 15 heavy (non-hydrogen) atoms. The van der Waals surface area contributed by atoms with E-state index < -0.39 is 5.97 Å². The fourth-order valence-corrected chi connectivity index (χ4v) is 1.05. The number of methoxy groups -OCH3 is 1. The summed E-state index contributed by atoms with van der Waals surface area (Å²) in [6, 6.07) is 6.87. The van der Waals surface area contributed by atoms with Gasteiger partial charge in [0, 0.05) is 11.8 Å². The summed E-state index contributed by atoms with van der Waals surface area (Å²) < 4.78 is 4.44. The van der Waals surface area contributed by atoms with Gasteiger partial charge in [0.05, 0.1) is 18.7 Å². The molecule has 4 nitrogen and oxygen atoms in total. The molecule has 0 unspecified atom stereocenters. The molecule has 0 saturated carbocycles. The average molecular weight is 202 g/mol. The first-order valence-electron chi connectivity index (χ1n) is 4.23. The van der Waals surface area contributed by atoms with Gasteiger partial charge in [-0.25, -0.2) is 4.79 Å². The summed E-state index contributed by atoms with van der Waals surface area (Å²) in [5.74, 6) is -0.471. The van der Waals surface area contributed by atoms with Crippen LogP contribution in [0.1, 0.15) is 11.1 Å². The second-order valence-electron chi connectivity index (χ2n) is 2.81. The molecule has 0 heterocycles. The second kappa shape index (κ2) is 4.82. The summed E-state index contributed by atoms with van der Waals surface area (Å²) in [5, 5.41) is 8.79. The zero-order valence-electron chi connectivity index (χ0n) is 8.23. The van der Waals surface area contributed by atoms with Gasteiger partial charge in [-0.1, -0.05) is 0 Å². The number of nitrogen functional groups attached to an aromatic ring is 1. The van der Waals surface area contributed by atoms with Gasteiger partial charge in [-0.05, 0) is 29.8 Å². The van der Waals surface area contributed by atoms with E-state index >= 15 is 0 Å². The van der Waals surface area contributed by atoms with Crippen molar-refractivity contribution in [3.05, 3.63) is 35.4 Å². The standard InChI is InChI=1S/C11H10N2O2/c1-15-11(14)5-3-8-6-10(13)4-2-9(8)7-12/h2-6H,13H2,1H3. The Kier molecular flexibility index (Phi) is 3.47. The van der Waals surface area contributed by atoms with Gasteiger partial charge in [-0.3, -0.25) is 0 Å². The maximum atomic E-state index is 10.8. The first-order valence-corrected chi connectivity index (χ1v) is 4.23. The van der Waals surface area contributed by atoms with Gasteiger partial charge < -0.3 is 10.5 Å². The number of hydrogen-bond donors (Lipinski definition) is 1. The topological polar surface area (TPSA) is 76.1 Å². The molecule has 0 amide bonds. The molecule has 0 atom stereocenters. The van der Waals surface area contributed by atoms with Crippen LogP contribution in [0.15, 0.2) is 24.3 Å². The molecule has 0 saturated heterocycles. The summed E-state index contributed by atoms with van der Waals surface area (Å²) in [4.78, 5) is 10.8. The van der Waals surface area contributed by atoms with Gasteiger partial charge in [0.2, 0.25) is 0 Å². The van der Waals surface area contributed by atoms with Gasteiger partial charge in [0.25, 0.3) is 0 Å². The SMILES string of the molecule is COC(=O)C=Cc1cc(N)ccc1C#N. The fraction of sp³-hybridized carbons (Fsp3) is 0.0909. The van der Waals surface area contributed by atoms with Crippen molar-refractivity contribution in [2.75, 3.05) is 12.8 Å². The fourth-order valence-electron chi connectivity index (χ4n) is 1.05. The van der Waals surface area contributed by atoms with Gasteiger partial charge in [-0.15, -0.1) is 0 Å². The Morgan fingerprint density at radius 2 is 2.33 bits per heavy atom. The Bertz CT molecular complexity index is 444. The predicted octanol–water partition coefficient (Wildman–Crippen LogP) is 1.33. The lowest BCUT2D eigenvalue weighted by Crippen LogP contribution is -1.94. The molecular formula is C11H10N2O2. The second-order valence-corrected chi connectivity index (χ2v) is 2.81. The molecule has 0 aliphatic rings. The highest BCUT2D eigenvalue weighted by Gasteiger charge is 1.99. The quantitative estimate of drug-likeness (QED) is 0.446. The average Bonchev–Trinajstić information content (AvgIpc) is 2.26. The Labute approximate surface area is 87.6 Å². The minimum Gasteiger partial charge on any atom is -0.466 e. The summed E-state index contributed by atoms with van der Waals surface area (Å²) in [5.41, 5.74) is 7.16. The first kappa shape index (κ1) is 10.8. The maximum absolute atomic E-state index is 10.8. The highest BCUT2D eigenvalue weighted by molar-refractivity contribution is 5.87. The summed E-state index contributed by atoms with van der Waals surface area (Å²) in [7, 11) is 1.29. The number of carbonyl (C=O) groups excluding carboxylic acids is 1. The number of carbonyl (C=O) groups is 1. The molecule has 1 aromatic rings. The van der Waals surface area contributed by atoms with Crippen LogP contribution in [-0.4, -0.2) is 13.1 Å². The van der Waals surface area contributed by atoms with E-state index in [9.17, 15) is 4.79 Å². The Balaban J connectivity index is 3.03. The third-order valence-electron chi connectivity index (χ3n) is 1.80. The van der Waals surface area contributed by atoms with Crippen molar-refractivity contribution in [1.29, 1.82) is 5.26 Å². The zero-order chi connectivity index (χ0) is 11.3. The van der Waals surface area contributed by atoms with Gasteiger partial charge in [0.1, 0.15) is 0 Å². The Hall–Kier alpha value is -2.28. The summed E-state index contributed by atoms with van der Waals surface area (Å²) in [6.07, 6.45) is 2.75. The van der Waals surface area contributed by atoms with E-state index in [0.29, 0.717) is 16.8 Å². The number of rotatable bonds is 2. The van der Waals surface area contributed by atoms with E-state index in [-0.39, 0.29) is 0 Å². The van der Waals surface area contributed by atoms with Crippen molar-refractivity contribution in [3.8, 4) is 6.07 Å². The van der Waals surface area contributed by atoms with Crippen LogP contribution in [-0.2, 0) is 9.53 Å². The number of benzene rings is 1. The molecule has 0 aliphatic heterocycles. The maximum Gasteiger partial charge on any atom is 0.330 e. The molecule has 0 aliphatic carbocycles. The number of nitriles is 1. The highest BCUT2D eigenvalue weighted by atomic mass is 16.5. The largest absolute Gasteiger partial charge is 0.466 e. The predicted molar refractivity (Wildman–Crippen MR) is 56.6 cm³/mol. The highest BCUT2D eigenvalue weighted by Crippen LogP contribution is 2.14. The number of anilines is 1. The third-order valence-corrected chi connectivity index (χ3v) is 1.80. The molecule has 1 aromatic carbocycles. The minimum atomic E-state index is -0.471. The van der Waals surface area contributed by atoms with E-state index in [1.54, 1.807) is 18.2 Å². The number of hydrogen-bond acceptors (Lipinski definition) is 4. The third kappa shape index (κ3) is 2.85. The molecule has 4 heteroatoms.